The topological polar surface area (TPSA) is 78.3 Å². The predicted octanol–water partition coefficient (Wildman–Crippen LogP) is 6.22. The molecule has 0 saturated carbocycles. The molecule has 0 fully saturated rings. The van der Waals surface area contributed by atoms with Gasteiger partial charge in [0.15, 0.2) is 5.82 Å². The molecule has 0 aliphatic heterocycles. The van der Waals surface area contributed by atoms with Gasteiger partial charge in [0.2, 0.25) is 0 Å². The molecule has 0 bridgehead atoms. The number of rotatable bonds is 8. The van der Waals surface area contributed by atoms with Gasteiger partial charge in [-0.05, 0) is 67.1 Å². The standard InChI is InChI=1S/C30H25FN4O3/c1-20-9-13-22(14-10-20)29(36)32-25-6-4-7-26(18-25)35-28(23-5-3-8-27(17-23)37-2)33-30(34-35)38-19-21-11-15-24(31)16-12-21/h3-18H,19H2,1-2H3,(H,32,36). The molecule has 7 nitrogen and oxygen atoms in total. The molecule has 0 atom stereocenters. The number of halogens is 1. The van der Waals surface area contributed by atoms with Crippen molar-refractivity contribution in [2.24, 2.45) is 0 Å². The van der Waals surface area contributed by atoms with Crippen LogP contribution in [0.3, 0.4) is 0 Å². The molecule has 0 radical (unpaired) electrons. The van der Waals surface area contributed by atoms with E-state index in [1.54, 1.807) is 36.1 Å². The highest BCUT2D eigenvalue weighted by atomic mass is 19.1. The number of anilines is 1. The zero-order chi connectivity index (χ0) is 26.5. The normalized spacial score (nSPS) is 10.7. The third kappa shape index (κ3) is 5.70. The molecule has 0 saturated heterocycles. The summed E-state index contributed by atoms with van der Waals surface area (Å²) in [5, 5.41) is 7.53. The van der Waals surface area contributed by atoms with Crippen LogP contribution in [-0.4, -0.2) is 27.8 Å². The van der Waals surface area contributed by atoms with Crippen LogP contribution in [0.2, 0.25) is 0 Å². The van der Waals surface area contributed by atoms with E-state index in [0.29, 0.717) is 28.5 Å². The molecule has 8 heteroatoms. The molecule has 5 rings (SSSR count). The van der Waals surface area contributed by atoms with Gasteiger partial charge in [-0.25, -0.2) is 9.07 Å². The molecule has 4 aromatic carbocycles. The summed E-state index contributed by atoms with van der Waals surface area (Å²) in [4.78, 5) is 17.4. The zero-order valence-corrected chi connectivity index (χ0v) is 20.9. The first-order chi connectivity index (χ1) is 18.5. The van der Waals surface area contributed by atoms with E-state index in [2.05, 4.69) is 15.4 Å². The minimum atomic E-state index is -0.314. The Kier molecular flexibility index (Phi) is 7.13. The number of aryl methyl sites for hydroxylation is 1. The van der Waals surface area contributed by atoms with Gasteiger partial charge in [0.25, 0.3) is 5.91 Å². The molecule has 0 aliphatic rings. The van der Waals surface area contributed by atoms with Gasteiger partial charge in [0.05, 0.1) is 12.8 Å². The zero-order valence-electron chi connectivity index (χ0n) is 20.9. The number of benzene rings is 4. The summed E-state index contributed by atoms with van der Waals surface area (Å²) >= 11 is 0. The predicted molar refractivity (Wildman–Crippen MR) is 143 cm³/mol. The Bertz CT molecular complexity index is 1560. The molecule has 0 spiro atoms. The maximum atomic E-state index is 13.3. The van der Waals surface area contributed by atoms with Crippen molar-refractivity contribution in [2.45, 2.75) is 13.5 Å². The number of carbonyl (C=O) groups excluding carboxylic acids is 1. The summed E-state index contributed by atoms with van der Waals surface area (Å²) in [6.45, 7) is 2.15. The van der Waals surface area contributed by atoms with Crippen LogP contribution in [0, 0.1) is 12.7 Å². The van der Waals surface area contributed by atoms with Gasteiger partial charge in [0.1, 0.15) is 18.2 Å². The fourth-order valence-electron chi connectivity index (χ4n) is 3.84. The molecule has 1 heterocycles. The molecule has 1 amide bonds. The number of ether oxygens (including phenoxy) is 2. The van der Waals surface area contributed by atoms with Gasteiger partial charge in [-0.1, -0.05) is 48.0 Å². The summed E-state index contributed by atoms with van der Waals surface area (Å²) in [7, 11) is 1.60. The summed E-state index contributed by atoms with van der Waals surface area (Å²) in [6, 6.07) is 28.4. The highest BCUT2D eigenvalue weighted by Crippen LogP contribution is 2.28. The van der Waals surface area contributed by atoms with E-state index in [9.17, 15) is 9.18 Å². The first-order valence-electron chi connectivity index (χ1n) is 12.0. The van der Waals surface area contributed by atoms with Crippen LogP contribution in [0.15, 0.2) is 97.1 Å². The lowest BCUT2D eigenvalue weighted by Gasteiger charge is -2.10. The maximum absolute atomic E-state index is 13.3. The average Bonchev–Trinajstić information content (AvgIpc) is 3.38. The largest absolute Gasteiger partial charge is 0.497 e. The van der Waals surface area contributed by atoms with Crippen LogP contribution in [0.1, 0.15) is 21.5 Å². The summed E-state index contributed by atoms with van der Waals surface area (Å²) in [5.41, 5.74) is 4.48. The van der Waals surface area contributed by atoms with Gasteiger partial charge in [-0.2, -0.15) is 4.98 Å². The van der Waals surface area contributed by atoms with Crippen LogP contribution in [0.5, 0.6) is 11.8 Å². The van der Waals surface area contributed by atoms with Crippen LogP contribution in [-0.2, 0) is 6.61 Å². The van der Waals surface area contributed by atoms with Crippen molar-refractivity contribution in [1.29, 1.82) is 0 Å². The Balaban J connectivity index is 1.46. The van der Waals surface area contributed by atoms with Crippen LogP contribution in [0.4, 0.5) is 10.1 Å². The second-order valence-corrected chi connectivity index (χ2v) is 8.65. The molecule has 5 aromatic rings. The SMILES string of the molecule is COc1cccc(-c2nc(OCc3ccc(F)cc3)nn2-c2cccc(NC(=O)c3ccc(C)cc3)c2)c1. The van der Waals surface area contributed by atoms with E-state index in [1.807, 2.05) is 67.6 Å². The number of amides is 1. The lowest BCUT2D eigenvalue weighted by Crippen LogP contribution is -2.12. The van der Waals surface area contributed by atoms with Crippen molar-refractivity contribution in [3.63, 3.8) is 0 Å². The van der Waals surface area contributed by atoms with Crippen LogP contribution >= 0.6 is 0 Å². The Morgan fingerprint density at radius 3 is 2.47 bits per heavy atom. The molecule has 0 unspecified atom stereocenters. The van der Waals surface area contributed by atoms with Crippen molar-refractivity contribution >= 4 is 11.6 Å². The Morgan fingerprint density at radius 1 is 0.947 bits per heavy atom. The molecule has 0 aliphatic carbocycles. The molecular formula is C30H25FN4O3. The quantitative estimate of drug-likeness (QED) is 0.269. The maximum Gasteiger partial charge on any atom is 0.336 e. The van der Waals surface area contributed by atoms with E-state index in [-0.39, 0.29) is 24.3 Å². The number of hydrogen-bond acceptors (Lipinski definition) is 5. The Morgan fingerprint density at radius 2 is 1.71 bits per heavy atom. The number of nitrogens with one attached hydrogen (secondary N) is 1. The van der Waals surface area contributed by atoms with E-state index in [0.717, 1.165) is 16.7 Å². The highest BCUT2D eigenvalue weighted by molar-refractivity contribution is 6.04. The van der Waals surface area contributed by atoms with E-state index >= 15 is 0 Å². The van der Waals surface area contributed by atoms with Gasteiger partial charge in [-0.15, -0.1) is 5.10 Å². The van der Waals surface area contributed by atoms with Crippen molar-refractivity contribution in [2.75, 3.05) is 12.4 Å². The average molecular weight is 509 g/mol. The highest BCUT2D eigenvalue weighted by Gasteiger charge is 2.17. The fourth-order valence-corrected chi connectivity index (χ4v) is 3.84. The number of aromatic nitrogens is 3. The monoisotopic (exact) mass is 508 g/mol. The molecule has 1 N–H and O–H groups in total. The fraction of sp³-hybridized carbons (Fsp3) is 0.100. The lowest BCUT2D eigenvalue weighted by molar-refractivity contribution is 0.102. The number of nitrogens with zero attached hydrogens (tertiary/aromatic N) is 3. The van der Waals surface area contributed by atoms with E-state index in [1.165, 1.54) is 12.1 Å². The lowest BCUT2D eigenvalue weighted by atomic mass is 10.1. The second kappa shape index (κ2) is 11.0. The summed E-state index contributed by atoms with van der Waals surface area (Å²) < 4.78 is 26.1. The Hall–Kier alpha value is -4.98. The third-order valence-electron chi connectivity index (χ3n) is 5.86. The van der Waals surface area contributed by atoms with Gasteiger partial charge >= 0.3 is 6.01 Å². The molecule has 190 valence electrons. The number of methoxy groups -OCH3 is 1. The van der Waals surface area contributed by atoms with Gasteiger partial charge in [0, 0.05) is 16.8 Å². The Labute approximate surface area is 219 Å². The van der Waals surface area contributed by atoms with Gasteiger partial charge in [-0.3, -0.25) is 4.79 Å². The first-order valence-corrected chi connectivity index (χ1v) is 12.0. The summed E-state index contributed by atoms with van der Waals surface area (Å²) in [6.07, 6.45) is 0. The number of hydrogen-bond donors (Lipinski definition) is 1. The number of carbonyl (C=O) groups is 1. The van der Waals surface area contributed by atoms with Crippen LogP contribution < -0.4 is 14.8 Å². The minimum absolute atomic E-state index is 0.154. The van der Waals surface area contributed by atoms with Crippen molar-refractivity contribution in [3.8, 4) is 28.8 Å². The third-order valence-corrected chi connectivity index (χ3v) is 5.86. The molecular weight excluding hydrogens is 483 g/mol. The molecule has 38 heavy (non-hydrogen) atoms. The summed E-state index contributed by atoms with van der Waals surface area (Å²) in [5.74, 6) is 0.674. The van der Waals surface area contributed by atoms with E-state index in [4.69, 9.17) is 9.47 Å². The van der Waals surface area contributed by atoms with Gasteiger partial charge < -0.3 is 14.8 Å². The first kappa shape index (κ1) is 24.7. The van der Waals surface area contributed by atoms with Crippen molar-refractivity contribution in [1.82, 2.24) is 14.8 Å². The van der Waals surface area contributed by atoms with Crippen molar-refractivity contribution < 1.29 is 18.7 Å². The minimum Gasteiger partial charge on any atom is -0.497 e. The molecule has 1 aromatic heterocycles. The van der Waals surface area contributed by atoms with Crippen LogP contribution in [0.25, 0.3) is 17.1 Å². The van der Waals surface area contributed by atoms with E-state index < -0.39 is 0 Å². The second-order valence-electron chi connectivity index (χ2n) is 8.65. The smallest absolute Gasteiger partial charge is 0.336 e. The van der Waals surface area contributed by atoms with Crippen molar-refractivity contribution in [3.05, 3.63) is 120 Å².